The Morgan fingerprint density at radius 3 is 2.79 bits per heavy atom. The van der Waals surface area contributed by atoms with Gasteiger partial charge in [-0.1, -0.05) is 48.2 Å². The van der Waals surface area contributed by atoms with E-state index in [1.165, 1.54) is 17.3 Å². The first-order valence-electron chi connectivity index (χ1n) is 9.81. The minimum Gasteiger partial charge on any atom is -0.324 e. The first-order chi connectivity index (χ1) is 14.2. The molecule has 6 nitrogen and oxygen atoms in total. The van der Waals surface area contributed by atoms with E-state index in [1.54, 1.807) is 0 Å². The van der Waals surface area contributed by atoms with E-state index in [4.69, 9.17) is 4.98 Å². The Bertz CT molecular complexity index is 1230. The van der Waals surface area contributed by atoms with Crippen LogP contribution in [0.15, 0.2) is 53.7 Å². The highest BCUT2D eigenvalue weighted by Gasteiger charge is 2.30. The van der Waals surface area contributed by atoms with Crippen molar-refractivity contribution >= 4 is 45.4 Å². The molecule has 0 saturated carbocycles. The number of thioether (sulfide) groups is 1. The van der Waals surface area contributed by atoms with Crippen LogP contribution in [0.3, 0.4) is 0 Å². The zero-order chi connectivity index (χ0) is 20.0. The first-order valence-corrected chi connectivity index (χ1v) is 10.8. The van der Waals surface area contributed by atoms with E-state index in [1.807, 2.05) is 41.3 Å². The lowest BCUT2D eigenvalue weighted by atomic mass is 10.1. The van der Waals surface area contributed by atoms with Gasteiger partial charge in [-0.15, -0.1) is 10.2 Å². The highest BCUT2D eigenvalue weighted by Crippen LogP contribution is 2.33. The van der Waals surface area contributed by atoms with Crippen molar-refractivity contribution in [2.45, 2.75) is 38.0 Å². The number of carbonyl (C=O) groups excluding carboxylic acids is 1. The molecule has 0 fully saturated rings. The normalized spacial score (nSPS) is 15.9. The second-order valence-electron chi connectivity index (χ2n) is 7.26. The third-order valence-corrected chi connectivity index (χ3v) is 6.29. The lowest BCUT2D eigenvalue weighted by molar-refractivity contribution is -0.116. The van der Waals surface area contributed by atoms with Crippen LogP contribution in [-0.2, 0) is 17.8 Å². The van der Waals surface area contributed by atoms with Crippen LogP contribution >= 0.6 is 11.8 Å². The second kappa shape index (κ2) is 7.15. The van der Waals surface area contributed by atoms with Crippen molar-refractivity contribution in [2.75, 3.05) is 10.7 Å². The first kappa shape index (κ1) is 18.1. The Balaban J connectivity index is 1.41. The Hall–Kier alpha value is -2.93. The highest BCUT2D eigenvalue weighted by atomic mass is 32.2. The van der Waals surface area contributed by atoms with Gasteiger partial charge >= 0.3 is 0 Å². The summed E-state index contributed by atoms with van der Waals surface area (Å²) in [6.07, 6.45) is 0.896. The summed E-state index contributed by atoms with van der Waals surface area (Å²) in [5.74, 6) is 0.366. The standard InChI is InChI=1S/C22H21N5OS/c1-3-26-18-11-7-5-9-16(18)20-21(26)23-22(25-24-20)29-13-19(28)27-14(2)12-15-8-4-6-10-17(15)27/h4-11,14H,3,12-13H2,1-2H3/t14-/m0/s1. The molecular weight excluding hydrogens is 382 g/mol. The van der Waals surface area contributed by atoms with Gasteiger partial charge < -0.3 is 9.47 Å². The van der Waals surface area contributed by atoms with Gasteiger partial charge in [0.05, 0.1) is 11.3 Å². The van der Waals surface area contributed by atoms with Gasteiger partial charge in [-0.25, -0.2) is 4.98 Å². The molecule has 2 aromatic carbocycles. The Morgan fingerprint density at radius 1 is 1.14 bits per heavy atom. The van der Waals surface area contributed by atoms with Crippen molar-refractivity contribution in [1.82, 2.24) is 19.7 Å². The van der Waals surface area contributed by atoms with Gasteiger partial charge in [-0.2, -0.15) is 0 Å². The van der Waals surface area contributed by atoms with Gasteiger partial charge in [-0.05, 0) is 38.0 Å². The second-order valence-corrected chi connectivity index (χ2v) is 8.20. The summed E-state index contributed by atoms with van der Waals surface area (Å²) in [5.41, 5.74) is 4.97. The van der Waals surface area contributed by atoms with Gasteiger partial charge in [0.25, 0.3) is 0 Å². The molecule has 3 heterocycles. The monoisotopic (exact) mass is 403 g/mol. The molecule has 0 saturated heterocycles. The molecule has 0 spiro atoms. The Labute approximate surface area is 172 Å². The fourth-order valence-corrected chi connectivity index (χ4v) is 4.85. The van der Waals surface area contributed by atoms with Crippen LogP contribution in [0.2, 0.25) is 0 Å². The number of aromatic nitrogens is 4. The molecule has 2 aromatic heterocycles. The predicted molar refractivity (Wildman–Crippen MR) is 116 cm³/mol. The van der Waals surface area contributed by atoms with Crippen LogP contribution in [0.5, 0.6) is 0 Å². The quantitative estimate of drug-likeness (QED) is 0.481. The minimum absolute atomic E-state index is 0.0761. The van der Waals surface area contributed by atoms with Crippen molar-refractivity contribution in [3.63, 3.8) is 0 Å². The molecule has 0 unspecified atom stereocenters. The summed E-state index contributed by atoms with van der Waals surface area (Å²) in [4.78, 5) is 19.6. The fraction of sp³-hybridized carbons (Fsp3) is 0.273. The molecular formula is C22H21N5OS. The number of benzene rings is 2. The summed E-state index contributed by atoms with van der Waals surface area (Å²) >= 11 is 1.35. The van der Waals surface area contributed by atoms with Gasteiger partial charge in [0.2, 0.25) is 11.1 Å². The van der Waals surface area contributed by atoms with Crippen molar-refractivity contribution < 1.29 is 4.79 Å². The lowest BCUT2D eigenvalue weighted by Gasteiger charge is -2.22. The number of para-hydroxylation sites is 2. The van der Waals surface area contributed by atoms with Crippen molar-refractivity contribution in [3.8, 4) is 0 Å². The maximum atomic E-state index is 12.9. The molecule has 1 atom stereocenters. The molecule has 0 bridgehead atoms. The number of nitrogens with zero attached hydrogens (tertiary/aromatic N) is 5. The molecule has 1 aliphatic rings. The van der Waals surface area contributed by atoms with Crippen LogP contribution in [0, 0.1) is 0 Å². The molecule has 146 valence electrons. The van der Waals surface area contributed by atoms with Crippen LogP contribution in [0.4, 0.5) is 5.69 Å². The zero-order valence-electron chi connectivity index (χ0n) is 16.4. The van der Waals surface area contributed by atoms with E-state index in [9.17, 15) is 4.79 Å². The van der Waals surface area contributed by atoms with E-state index >= 15 is 0 Å². The number of rotatable bonds is 4. The van der Waals surface area contributed by atoms with Gasteiger partial charge in [0.15, 0.2) is 5.65 Å². The molecule has 0 N–H and O–H groups in total. The third kappa shape index (κ3) is 2.97. The maximum Gasteiger partial charge on any atom is 0.237 e. The molecule has 0 radical (unpaired) electrons. The molecule has 7 heteroatoms. The number of anilines is 1. The number of amides is 1. The summed E-state index contributed by atoms with van der Waals surface area (Å²) < 4.78 is 2.14. The van der Waals surface area contributed by atoms with E-state index in [-0.39, 0.29) is 17.7 Å². The van der Waals surface area contributed by atoms with Crippen LogP contribution in [0.25, 0.3) is 22.1 Å². The predicted octanol–water partition coefficient (Wildman–Crippen LogP) is 4.07. The zero-order valence-corrected chi connectivity index (χ0v) is 17.2. The van der Waals surface area contributed by atoms with Gasteiger partial charge in [-0.3, -0.25) is 4.79 Å². The van der Waals surface area contributed by atoms with E-state index in [0.717, 1.165) is 40.7 Å². The summed E-state index contributed by atoms with van der Waals surface area (Å²) in [6, 6.07) is 16.4. The maximum absolute atomic E-state index is 12.9. The Kier molecular flexibility index (Phi) is 4.47. The largest absolute Gasteiger partial charge is 0.324 e. The third-order valence-electron chi connectivity index (χ3n) is 5.47. The summed E-state index contributed by atoms with van der Waals surface area (Å²) in [7, 11) is 0. The number of carbonyl (C=O) groups is 1. The van der Waals surface area contributed by atoms with Crippen molar-refractivity contribution in [2.24, 2.45) is 0 Å². The highest BCUT2D eigenvalue weighted by molar-refractivity contribution is 7.99. The smallest absolute Gasteiger partial charge is 0.237 e. The molecule has 5 rings (SSSR count). The average molecular weight is 404 g/mol. The van der Waals surface area contributed by atoms with Crippen LogP contribution in [-0.4, -0.2) is 37.5 Å². The average Bonchev–Trinajstić information content (AvgIpc) is 3.25. The summed E-state index contributed by atoms with van der Waals surface area (Å²) in [6.45, 7) is 4.98. The number of hydrogen-bond donors (Lipinski definition) is 0. The van der Waals surface area contributed by atoms with E-state index < -0.39 is 0 Å². The van der Waals surface area contributed by atoms with Crippen molar-refractivity contribution in [1.29, 1.82) is 0 Å². The van der Waals surface area contributed by atoms with Crippen molar-refractivity contribution in [3.05, 3.63) is 54.1 Å². The van der Waals surface area contributed by atoms with Crippen LogP contribution in [0.1, 0.15) is 19.4 Å². The number of fused-ring (bicyclic) bond motifs is 4. The lowest BCUT2D eigenvalue weighted by Crippen LogP contribution is -2.37. The molecule has 4 aromatic rings. The summed E-state index contributed by atoms with van der Waals surface area (Å²) in [5, 5.41) is 10.3. The van der Waals surface area contributed by atoms with E-state index in [0.29, 0.717) is 5.16 Å². The fourth-order valence-electron chi connectivity index (χ4n) is 4.21. The van der Waals surface area contributed by atoms with Crippen LogP contribution < -0.4 is 4.90 Å². The number of aryl methyl sites for hydroxylation is 1. The van der Waals surface area contributed by atoms with E-state index in [2.05, 4.69) is 40.7 Å². The van der Waals surface area contributed by atoms with Gasteiger partial charge in [0.1, 0.15) is 5.52 Å². The number of hydrogen-bond acceptors (Lipinski definition) is 5. The molecule has 1 aliphatic heterocycles. The topological polar surface area (TPSA) is 63.9 Å². The Morgan fingerprint density at radius 2 is 1.93 bits per heavy atom. The SMILES string of the molecule is CCn1c2ccccc2c2nnc(SCC(=O)N3c4ccccc4C[C@@H]3C)nc21. The molecule has 1 amide bonds. The minimum atomic E-state index is 0.0761. The molecule has 29 heavy (non-hydrogen) atoms. The molecule has 0 aliphatic carbocycles. The van der Waals surface area contributed by atoms with Gasteiger partial charge in [0, 0.05) is 23.7 Å².